The molecule has 0 radical (unpaired) electrons. The number of Topliss-reactive ketones (excluding diaryl/α,β-unsaturated/α-hetero) is 1. The number of carbonyl (C=O) groups is 4. The molecule has 0 aromatic heterocycles. The van der Waals surface area contributed by atoms with E-state index in [-0.39, 0.29) is 12.8 Å². The van der Waals surface area contributed by atoms with Gasteiger partial charge in [-0.3, -0.25) is 24.0 Å². The molecule has 0 spiro atoms. The summed E-state index contributed by atoms with van der Waals surface area (Å²) in [5.41, 5.74) is 0. The quantitative estimate of drug-likeness (QED) is 0.344. The number of methoxy groups -OCH3 is 2. The second kappa shape index (κ2) is 9.03. The summed E-state index contributed by atoms with van der Waals surface area (Å²) in [6, 6.07) is 0. The van der Waals surface area contributed by atoms with Crippen LogP contribution in [0.2, 0.25) is 0 Å². The summed E-state index contributed by atoms with van der Waals surface area (Å²) < 4.78 is 8.86. The standard InChI is InChI=1S/C12H19NO7/c1-13(20-4)12(17)8(7-11(16)19-3)9(14)5-6-10(15)18-2/h8H,5-7H2,1-4H3/t8-/m1/s1. The van der Waals surface area contributed by atoms with E-state index in [0.717, 1.165) is 12.2 Å². The molecule has 0 saturated heterocycles. The van der Waals surface area contributed by atoms with E-state index in [2.05, 4.69) is 9.47 Å². The second-order valence-electron chi connectivity index (χ2n) is 3.89. The van der Waals surface area contributed by atoms with Gasteiger partial charge in [0.1, 0.15) is 11.7 Å². The van der Waals surface area contributed by atoms with E-state index in [9.17, 15) is 19.2 Å². The average molecular weight is 289 g/mol. The van der Waals surface area contributed by atoms with Crippen molar-refractivity contribution in [1.82, 2.24) is 5.06 Å². The molecule has 0 aliphatic rings. The van der Waals surface area contributed by atoms with E-state index in [1.165, 1.54) is 21.3 Å². The third-order valence-corrected chi connectivity index (χ3v) is 2.67. The third kappa shape index (κ3) is 5.79. The summed E-state index contributed by atoms with van der Waals surface area (Å²) in [4.78, 5) is 50.8. The fraction of sp³-hybridized carbons (Fsp3) is 0.667. The number of ketones is 1. The normalized spacial score (nSPS) is 11.4. The Morgan fingerprint density at radius 1 is 0.950 bits per heavy atom. The minimum Gasteiger partial charge on any atom is -0.469 e. The van der Waals surface area contributed by atoms with Gasteiger partial charge in [-0.2, -0.15) is 0 Å². The van der Waals surface area contributed by atoms with Crippen molar-refractivity contribution in [1.29, 1.82) is 0 Å². The molecule has 0 aliphatic heterocycles. The highest BCUT2D eigenvalue weighted by Crippen LogP contribution is 2.14. The molecule has 1 atom stereocenters. The van der Waals surface area contributed by atoms with Gasteiger partial charge in [0, 0.05) is 13.5 Å². The van der Waals surface area contributed by atoms with Crippen molar-refractivity contribution in [3.05, 3.63) is 0 Å². The molecule has 0 fully saturated rings. The smallest absolute Gasteiger partial charge is 0.306 e. The number of carbonyl (C=O) groups excluding carboxylic acids is 4. The number of hydrogen-bond donors (Lipinski definition) is 0. The lowest BCUT2D eigenvalue weighted by Gasteiger charge is -2.20. The summed E-state index contributed by atoms with van der Waals surface area (Å²) in [5, 5.41) is 0.851. The van der Waals surface area contributed by atoms with Gasteiger partial charge < -0.3 is 9.47 Å². The number of ether oxygens (including phenoxy) is 2. The summed E-state index contributed by atoms with van der Waals surface area (Å²) in [6.07, 6.45) is -0.752. The SMILES string of the molecule is COC(=O)CCC(=O)[C@@H](CC(=O)OC)C(=O)N(C)OC. The molecule has 0 aromatic rings. The monoisotopic (exact) mass is 289 g/mol. The first-order chi connectivity index (χ1) is 9.37. The Hall–Kier alpha value is -1.96. The summed E-state index contributed by atoms with van der Waals surface area (Å²) in [7, 11) is 4.93. The van der Waals surface area contributed by atoms with Crippen molar-refractivity contribution in [3.8, 4) is 0 Å². The summed E-state index contributed by atoms with van der Waals surface area (Å²) in [6.45, 7) is 0. The van der Waals surface area contributed by atoms with E-state index in [1.807, 2.05) is 0 Å². The van der Waals surface area contributed by atoms with Crippen molar-refractivity contribution in [2.75, 3.05) is 28.4 Å². The van der Waals surface area contributed by atoms with Gasteiger partial charge >= 0.3 is 11.9 Å². The van der Waals surface area contributed by atoms with Gasteiger partial charge in [-0.15, -0.1) is 0 Å². The molecule has 20 heavy (non-hydrogen) atoms. The number of hydrogen-bond acceptors (Lipinski definition) is 7. The Labute approximate surface area is 116 Å². The van der Waals surface area contributed by atoms with E-state index in [4.69, 9.17) is 4.84 Å². The first-order valence-corrected chi connectivity index (χ1v) is 5.85. The van der Waals surface area contributed by atoms with Crippen LogP contribution in [0.5, 0.6) is 0 Å². The second-order valence-corrected chi connectivity index (χ2v) is 3.89. The number of hydroxylamine groups is 2. The molecular weight excluding hydrogens is 270 g/mol. The molecule has 0 heterocycles. The van der Waals surface area contributed by atoms with Crippen LogP contribution in [0, 0.1) is 5.92 Å². The molecular formula is C12H19NO7. The maximum Gasteiger partial charge on any atom is 0.306 e. The molecule has 0 unspecified atom stereocenters. The van der Waals surface area contributed by atoms with Crippen LogP contribution in [0.15, 0.2) is 0 Å². The molecule has 114 valence electrons. The molecule has 8 heteroatoms. The Balaban J connectivity index is 4.82. The van der Waals surface area contributed by atoms with Crippen molar-refractivity contribution in [2.24, 2.45) is 5.92 Å². The zero-order valence-electron chi connectivity index (χ0n) is 12.0. The van der Waals surface area contributed by atoms with Crippen LogP contribution >= 0.6 is 0 Å². The lowest BCUT2D eigenvalue weighted by atomic mass is 9.95. The minimum atomic E-state index is -1.24. The highest BCUT2D eigenvalue weighted by atomic mass is 16.7. The highest BCUT2D eigenvalue weighted by molar-refractivity contribution is 6.04. The Kier molecular flexibility index (Phi) is 8.14. The number of nitrogens with zero attached hydrogens (tertiary/aromatic N) is 1. The molecule has 0 saturated carbocycles. The minimum absolute atomic E-state index is 0.156. The van der Waals surface area contributed by atoms with Crippen LogP contribution in [0.4, 0.5) is 0 Å². The summed E-state index contributed by atoms with van der Waals surface area (Å²) >= 11 is 0. The van der Waals surface area contributed by atoms with E-state index >= 15 is 0 Å². The van der Waals surface area contributed by atoms with Gasteiger partial charge in [-0.25, -0.2) is 5.06 Å². The molecule has 0 aromatic carbocycles. The molecule has 1 amide bonds. The van der Waals surface area contributed by atoms with E-state index < -0.39 is 36.0 Å². The van der Waals surface area contributed by atoms with E-state index in [0.29, 0.717) is 0 Å². The van der Waals surface area contributed by atoms with Crippen molar-refractivity contribution in [2.45, 2.75) is 19.3 Å². The fourth-order valence-corrected chi connectivity index (χ4v) is 1.40. The Morgan fingerprint density at radius 3 is 1.95 bits per heavy atom. The van der Waals surface area contributed by atoms with Crippen molar-refractivity contribution >= 4 is 23.6 Å². The number of esters is 2. The van der Waals surface area contributed by atoms with Crippen LogP contribution in [0.3, 0.4) is 0 Å². The predicted molar refractivity (Wildman–Crippen MR) is 66.2 cm³/mol. The lowest BCUT2D eigenvalue weighted by molar-refractivity contribution is -0.176. The van der Waals surface area contributed by atoms with Gasteiger partial charge in [0.25, 0.3) is 5.91 Å². The molecule has 0 bridgehead atoms. The largest absolute Gasteiger partial charge is 0.469 e. The maximum absolute atomic E-state index is 12.0. The van der Waals surface area contributed by atoms with Crippen LogP contribution in [0.1, 0.15) is 19.3 Å². The van der Waals surface area contributed by atoms with Gasteiger partial charge in [-0.1, -0.05) is 0 Å². The number of rotatable bonds is 8. The molecule has 8 nitrogen and oxygen atoms in total. The third-order valence-electron chi connectivity index (χ3n) is 2.67. The predicted octanol–water partition coefficient (Wildman–Crippen LogP) is -0.292. The van der Waals surface area contributed by atoms with E-state index in [1.54, 1.807) is 0 Å². The Morgan fingerprint density at radius 2 is 1.50 bits per heavy atom. The van der Waals surface area contributed by atoms with Gasteiger partial charge in [0.15, 0.2) is 0 Å². The topological polar surface area (TPSA) is 99.2 Å². The van der Waals surface area contributed by atoms with Gasteiger partial charge in [0.2, 0.25) is 0 Å². The van der Waals surface area contributed by atoms with Crippen LogP contribution in [-0.4, -0.2) is 57.1 Å². The molecule has 0 aliphatic carbocycles. The molecule has 0 N–H and O–H groups in total. The fourth-order valence-electron chi connectivity index (χ4n) is 1.40. The zero-order chi connectivity index (χ0) is 15.7. The number of amides is 1. The highest BCUT2D eigenvalue weighted by Gasteiger charge is 2.32. The molecule has 0 rings (SSSR count). The first kappa shape index (κ1) is 18.0. The van der Waals surface area contributed by atoms with Crippen LogP contribution in [0.25, 0.3) is 0 Å². The first-order valence-electron chi connectivity index (χ1n) is 5.85. The van der Waals surface area contributed by atoms with Gasteiger partial charge in [0.05, 0.1) is 34.2 Å². The summed E-state index contributed by atoms with van der Waals surface area (Å²) in [5.74, 6) is -3.72. The zero-order valence-corrected chi connectivity index (χ0v) is 12.0. The lowest BCUT2D eigenvalue weighted by Crippen LogP contribution is -2.38. The van der Waals surface area contributed by atoms with Crippen LogP contribution < -0.4 is 0 Å². The Bertz CT molecular complexity index is 380. The van der Waals surface area contributed by atoms with Crippen LogP contribution in [-0.2, 0) is 33.5 Å². The van der Waals surface area contributed by atoms with Gasteiger partial charge in [-0.05, 0) is 0 Å². The van der Waals surface area contributed by atoms with Crippen molar-refractivity contribution < 1.29 is 33.5 Å². The average Bonchev–Trinajstić information content (AvgIpc) is 2.47. The maximum atomic E-state index is 12.0. The van der Waals surface area contributed by atoms with Crippen molar-refractivity contribution in [3.63, 3.8) is 0 Å².